The molecule has 0 aromatic heterocycles. The Morgan fingerprint density at radius 3 is 2.41 bits per heavy atom. The van der Waals surface area contributed by atoms with Crippen molar-refractivity contribution in [2.45, 2.75) is 13.3 Å². The van der Waals surface area contributed by atoms with Crippen LogP contribution in [-0.4, -0.2) is 17.8 Å². The fourth-order valence-electron chi connectivity index (χ4n) is 1.35. The molecule has 0 unspecified atom stereocenters. The summed E-state index contributed by atoms with van der Waals surface area (Å²) in [5.74, 6) is -0.827. The Morgan fingerprint density at radius 2 is 2.06 bits per heavy atom. The van der Waals surface area contributed by atoms with Crippen molar-refractivity contribution >= 4 is 11.5 Å². The van der Waals surface area contributed by atoms with Crippen molar-refractivity contribution in [2.24, 2.45) is 0 Å². The third-order valence-electron chi connectivity index (χ3n) is 2.16. The summed E-state index contributed by atoms with van der Waals surface area (Å²) in [5, 5.41) is 10.7. The first-order valence-corrected chi connectivity index (χ1v) is 4.54. The zero-order valence-electron chi connectivity index (χ0n) is 9.07. The molecule has 0 aliphatic carbocycles. The van der Waals surface area contributed by atoms with Gasteiger partial charge >= 0.3 is 0 Å². The van der Waals surface area contributed by atoms with Gasteiger partial charge in [0, 0.05) is 11.6 Å². The van der Waals surface area contributed by atoms with Crippen LogP contribution in [0.2, 0.25) is 0 Å². The molecule has 0 radical (unpaired) electrons. The molecule has 1 aromatic carbocycles. The number of nitro benzene ring substituents is 1. The largest absolute Gasteiger partial charge is 0.496 e. The van der Waals surface area contributed by atoms with Gasteiger partial charge < -0.3 is 4.74 Å². The first-order chi connectivity index (χ1) is 7.88. The SMILES string of the molecule is COc1cc(C(C)=O)cc([N+](=O)[O-])c1C(F)F. The molecule has 0 atom stereocenters. The lowest BCUT2D eigenvalue weighted by molar-refractivity contribution is -0.386. The van der Waals surface area contributed by atoms with Crippen LogP contribution in [0, 0.1) is 10.1 Å². The van der Waals surface area contributed by atoms with Crippen molar-refractivity contribution in [3.05, 3.63) is 33.4 Å². The Kier molecular flexibility index (Phi) is 3.72. The van der Waals surface area contributed by atoms with Gasteiger partial charge in [-0.3, -0.25) is 14.9 Å². The Hall–Kier alpha value is -2.05. The van der Waals surface area contributed by atoms with Crippen LogP contribution in [0.4, 0.5) is 14.5 Å². The second kappa shape index (κ2) is 4.86. The fraction of sp³-hybridized carbons (Fsp3) is 0.300. The molecule has 0 heterocycles. The van der Waals surface area contributed by atoms with E-state index in [9.17, 15) is 23.7 Å². The topological polar surface area (TPSA) is 69.4 Å². The minimum Gasteiger partial charge on any atom is -0.496 e. The number of ketones is 1. The molecule has 0 saturated heterocycles. The van der Waals surface area contributed by atoms with E-state index in [0.717, 1.165) is 19.2 Å². The van der Waals surface area contributed by atoms with Gasteiger partial charge in [-0.1, -0.05) is 0 Å². The number of nitro groups is 1. The summed E-state index contributed by atoms with van der Waals surface area (Å²) in [6.07, 6.45) is -3.05. The number of carbonyl (C=O) groups excluding carboxylic acids is 1. The Morgan fingerprint density at radius 1 is 1.47 bits per heavy atom. The Labute approximate surface area is 95.2 Å². The zero-order chi connectivity index (χ0) is 13.2. The molecule has 0 N–H and O–H groups in total. The summed E-state index contributed by atoms with van der Waals surface area (Å²) in [6, 6.07) is 1.89. The van der Waals surface area contributed by atoms with E-state index in [-0.39, 0.29) is 11.3 Å². The summed E-state index contributed by atoms with van der Waals surface area (Å²) < 4.78 is 30.0. The molecule has 0 aliphatic heterocycles. The van der Waals surface area contributed by atoms with E-state index in [1.807, 2.05) is 0 Å². The fourth-order valence-corrected chi connectivity index (χ4v) is 1.35. The standard InChI is InChI=1S/C10H9F2NO4/c1-5(14)6-3-7(13(15)16)9(10(11)12)8(4-6)17-2/h3-4,10H,1-2H3. The van der Waals surface area contributed by atoms with E-state index in [0.29, 0.717) is 0 Å². The molecule has 0 bridgehead atoms. The highest BCUT2D eigenvalue weighted by Gasteiger charge is 2.28. The summed E-state index contributed by atoms with van der Waals surface area (Å²) in [6.45, 7) is 1.18. The minimum absolute atomic E-state index is 0.0436. The average Bonchev–Trinajstić information content (AvgIpc) is 2.26. The van der Waals surface area contributed by atoms with Crippen LogP contribution in [0.3, 0.4) is 0 Å². The normalized spacial score (nSPS) is 10.4. The van der Waals surface area contributed by atoms with E-state index in [1.165, 1.54) is 6.92 Å². The van der Waals surface area contributed by atoms with Crippen molar-refractivity contribution in [1.29, 1.82) is 0 Å². The van der Waals surface area contributed by atoms with Gasteiger partial charge in [-0.15, -0.1) is 0 Å². The maximum atomic E-state index is 12.7. The van der Waals surface area contributed by atoms with Crippen LogP contribution < -0.4 is 4.74 Å². The average molecular weight is 245 g/mol. The van der Waals surface area contributed by atoms with Crippen molar-refractivity contribution in [3.8, 4) is 5.75 Å². The Bertz CT molecular complexity index is 474. The summed E-state index contributed by atoms with van der Waals surface area (Å²) in [5.41, 5.74) is -1.68. The number of benzene rings is 1. The molecule has 0 aliphatic rings. The number of methoxy groups -OCH3 is 1. The monoisotopic (exact) mass is 245 g/mol. The number of ether oxygens (including phenoxy) is 1. The Balaban J connectivity index is 3.57. The maximum Gasteiger partial charge on any atom is 0.282 e. The van der Waals surface area contributed by atoms with Gasteiger partial charge in [-0.2, -0.15) is 0 Å². The first kappa shape index (κ1) is 13.0. The van der Waals surface area contributed by atoms with E-state index in [4.69, 9.17) is 0 Å². The molecule has 0 saturated carbocycles. The number of halogens is 2. The molecule has 1 rings (SSSR count). The van der Waals surface area contributed by atoms with Gasteiger partial charge in [0.05, 0.1) is 12.0 Å². The van der Waals surface area contributed by atoms with Gasteiger partial charge in [0.15, 0.2) is 5.78 Å². The summed E-state index contributed by atoms with van der Waals surface area (Å²) in [7, 11) is 1.11. The van der Waals surface area contributed by atoms with Crippen LogP contribution in [0.15, 0.2) is 12.1 Å². The number of nitrogens with zero attached hydrogens (tertiary/aromatic N) is 1. The predicted molar refractivity (Wildman–Crippen MR) is 54.6 cm³/mol. The highest BCUT2D eigenvalue weighted by atomic mass is 19.3. The lowest BCUT2D eigenvalue weighted by Gasteiger charge is -2.09. The molecule has 7 heteroatoms. The van der Waals surface area contributed by atoms with Crippen molar-refractivity contribution < 1.29 is 23.2 Å². The summed E-state index contributed by atoms with van der Waals surface area (Å²) >= 11 is 0. The molecular weight excluding hydrogens is 236 g/mol. The molecule has 0 spiro atoms. The third kappa shape index (κ3) is 2.55. The van der Waals surface area contributed by atoms with E-state index >= 15 is 0 Å². The van der Waals surface area contributed by atoms with E-state index < -0.39 is 28.4 Å². The van der Waals surface area contributed by atoms with Crippen molar-refractivity contribution in [3.63, 3.8) is 0 Å². The van der Waals surface area contributed by atoms with Gasteiger partial charge in [0.1, 0.15) is 11.3 Å². The molecular formula is C10H9F2NO4. The maximum absolute atomic E-state index is 12.7. The van der Waals surface area contributed by atoms with Crippen LogP contribution in [0.1, 0.15) is 29.3 Å². The van der Waals surface area contributed by atoms with E-state index in [2.05, 4.69) is 4.74 Å². The van der Waals surface area contributed by atoms with Crippen LogP contribution >= 0.6 is 0 Å². The van der Waals surface area contributed by atoms with E-state index in [1.54, 1.807) is 0 Å². The first-order valence-electron chi connectivity index (χ1n) is 4.54. The third-order valence-corrected chi connectivity index (χ3v) is 2.16. The van der Waals surface area contributed by atoms with Crippen molar-refractivity contribution in [2.75, 3.05) is 7.11 Å². The van der Waals surface area contributed by atoms with Crippen LogP contribution in [0.25, 0.3) is 0 Å². The molecule has 5 nitrogen and oxygen atoms in total. The highest BCUT2D eigenvalue weighted by molar-refractivity contribution is 5.95. The number of alkyl halides is 2. The summed E-state index contributed by atoms with van der Waals surface area (Å²) in [4.78, 5) is 20.8. The smallest absolute Gasteiger partial charge is 0.282 e. The number of hydrogen-bond acceptors (Lipinski definition) is 4. The zero-order valence-corrected chi connectivity index (χ0v) is 9.07. The number of Topliss-reactive ketones (excluding diaryl/α,β-unsaturated/α-hetero) is 1. The number of hydrogen-bond donors (Lipinski definition) is 0. The second-order valence-electron chi connectivity index (χ2n) is 3.23. The van der Waals surface area contributed by atoms with Crippen LogP contribution in [-0.2, 0) is 0 Å². The van der Waals surface area contributed by atoms with Gasteiger partial charge in [0.2, 0.25) is 0 Å². The van der Waals surface area contributed by atoms with Gasteiger partial charge in [-0.25, -0.2) is 8.78 Å². The molecule has 17 heavy (non-hydrogen) atoms. The second-order valence-corrected chi connectivity index (χ2v) is 3.23. The molecule has 0 fully saturated rings. The lowest BCUT2D eigenvalue weighted by atomic mass is 10.1. The number of carbonyl (C=O) groups is 1. The number of rotatable bonds is 4. The van der Waals surface area contributed by atoms with Gasteiger partial charge in [0.25, 0.3) is 12.1 Å². The molecule has 92 valence electrons. The highest BCUT2D eigenvalue weighted by Crippen LogP contribution is 2.37. The van der Waals surface area contributed by atoms with Gasteiger partial charge in [-0.05, 0) is 13.0 Å². The minimum atomic E-state index is -3.05. The predicted octanol–water partition coefficient (Wildman–Crippen LogP) is 2.74. The quantitative estimate of drug-likeness (QED) is 0.464. The molecule has 1 aromatic rings. The lowest BCUT2D eigenvalue weighted by Crippen LogP contribution is -2.03. The van der Waals surface area contributed by atoms with Crippen molar-refractivity contribution in [1.82, 2.24) is 0 Å². The molecule has 0 amide bonds. The van der Waals surface area contributed by atoms with Crippen LogP contribution in [0.5, 0.6) is 5.75 Å².